The summed E-state index contributed by atoms with van der Waals surface area (Å²) in [6.45, 7) is 1.84. The van der Waals surface area contributed by atoms with Crippen LogP contribution in [0.15, 0.2) is 42.5 Å². The van der Waals surface area contributed by atoms with Gasteiger partial charge in [-0.05, 0) is 35.2 Å². The molecule has 1 aliphatic heterocycles. The maximum absolute atomic E-state index is 10.9. The van der Waals surface area contributed by atoms with Crippen LogP contribution in [0, 0.1) is 21.4 Å². The first-order valence-corrected chi connectivity index (χ1v) is 7.73. The van der Waals surface area contributed by atoms with E-state index in [1.807, 2.05) is 6.07 Å². The number of nitro groups is 1. The normalized spacial score (nSPS) is 15.3. The summed E-state index contributed by atoms with van der Waals surface area (Å²) in [6.07, 6.45) is 0.158. The van der Waals surface area contributed by atoms with E-state index in [0.717, 1.165) is 29.7 Å². The van der Waals surface area contributed by atoms with Gasteiger partial charge in [-0.15, -0.1) is 0 Å². The van der Waals surface area contributed by atoms with E-state index in [9.17, 15) is 15.2 Å². The molecule has 122 valence electrons. The Labute approximate surface area is 139 Å². The number of β-amino-alcohol motifs (C(OH)–C–C–N with tert-alkyl or cyclic N) is 1. The summed E-state index contributed by atoms with van der Waals surface area (Å²) in [6, 6.07) is 13.9. The van der Waals surface area contributed by atoms with Gasteiger partial charge in [0.25, 0.3) is 5.69 Å². The van der Waals surface area contributed by atoms with Gasteiger partial charge in [-0.3, -0.25) is 15.0 Å². The summed E-state index contributed by atoms with van der Waals surface area (Å²) >= 11 is 0. The Morgan fingerprint density at radius 1 is 1.25 bits per heavy atom. The summed E-state index contributed by atoms with van der Waals surface area (Å²) in [7, 11) is 0. The molecule has 0 spiro atoms. The van der Waals surface area contributed by atoms with Crippen molar-refractivity contribution in [2.24, 2.45) is 0 Å². The highest BCUT2D eigenvalue weighted by Crippen LogP contribution is 2.25. The summed E-state index contributed by atoms with van der Waals surface area (Å²) in [5.74, 6) is 0. The first-order chi connectivity index (χ1) is 11.6. The third-order valence-corrected chi connectivity index (χ3v) is 4.35. The monoisotopic (exact) mass is 323 g/mol. The van der Waals surface area contributed by atoms with Gasteiger partial charge < -0.3 is 5.11 Å². The predicted molar refractivity (Wildman–Crippen MR) is 88.2 cm³/mol. The molecule has 0 aliphatic carbocycles. The molecular weight excluding hydrogens is 306 g/mol. The lowest BCUT2D eigenvalue weighted by molar-refractivity contribution is -0.385. The van der Waals surface area contributed by atoms with Gasteiger partial charge in [0.15, 0.2) is 0 Å². The Balaban J connectivity index is 1.69. The number of hydrogen-bond donors (Lipinski definition) is 1. The lowest BCUT2D eigenvalue weighted by Crippen LogP contribution is -2.34. The molecule has 1 heterocycles. The maximum atomic E-state index is 10.9. The van der Waals surface area contributed by atoms with Gasteiger partial charge in [-0.2, -0.15) is 5.26 Å². The van der Waals surface area contributed by atoms with Gasteiger partial charge in [0.05, 0.1) is 22.7 Å². The summed E-state index contributed by atoms with van der Waals surface area (Å²) in [5, 5.41) is 30.1. The summed E-state index contributed by atoms with van der Waals surface area (Å²) < 4.78 is 0. The van der Waals surface area contributed by atoms with Gasteiger partial charge in [0.2, 0.25) is 0 Å². The molecule has 2 aromatic rings. The first-order valence-electron chi connectivity index (χ1n) is 7.73. The fourth-order valence-corrected chi connectivity index (χ4v) is 3.00. The van der Waals surface area contributed by atoms with Crippen molar-refractivity contribution in [2.45, 2.75) is 19.1 Å². The van der Waals surface area contributed by atoms with E-state index in [1.54, 1.807) is 36.4 Å². The lowest BCUT2D eigenvalue weighted by Gasteiger charge is -2.30. The van der Waals surface area contributed by atoms with Gasteiger partial charge in [-0.1, -0.05) is 18.2 Å². The molecule has 6 nitrogen and oxygen atoms in total. The SMILES string of the molecule is N#Cc1ccc(C(O)CN2CCc3ccc([N+](=O)[O-])cc3C2)cc1. The molecule has 1 N–H and O–H groups in total. The van der Waals surface area contributed by atoms with Crippen LogP contribution < -0.4 is 0 Å². The van der Waals surface area contributed by atoms with Crippen molar-refractivity contribution in [1.82, 2.24) is 4.90 Å². The second kappa shape index (κ2) is 6.79. The van der Waals surface area contributed by atoms with Crippen LogP contribution in [-0.2, 0) is 13.0 Å². The van der Waals surface area contributed by atoms with Crippen molar-refractivity contribution in [2.75, 3.05) is 13.1 Å². The zero-order valence-corrected chi connectivity index (χ0v) is 13.1. The molecule has 1 aliphatic rings. The van der Waals surface area contributed by atoms with E-state index in [2.05, 4.69) is 11.0 Å². The molecule has 1 unspecified atom stereocenters. The van der Waals surface area contributed by atoms with Crippen molar-refractivity contribution in [3.8, 4) is 6.07 Å². The number of non-ortho nitro benzene ring substituents is 1. The van der Waals surface area contributed by atoms with Crippen molar-refractivity contribution >= 4 is 5.69 Å². The topological polar surface area (TPSA) is 90.4 Å². The average Bonchev–Trinajstić information content (AvgIpc) is 2.61. The molecule has 0 saturated carbocycles. The summed E-state index contributed by atoms with van der Waals surface area (Å²) in [5.41, 5.74) is 3.50. The van der Waals surface area contributed by atoms with Crippen LogP contribution in [0.4, 0.5) is 5.69 Å². The van der Waals surface area contributed by atoms with Crippen molar-refractivity contribution < 1.29 is 10.0 Å². The van der Waals surface area contributed by atoms with Crippen LogP contribution in [0.25, 0.3) is 0 Å². The molecular formula is C18H17N3O3. The predicted octanol–water partition coefficient (Wildman–Crippen LogP) is 2.56. The Morgan fingerprint density at radius 3 is 2.67 bits per heavy atom. The fraction of sp³-hybridized carbons (Fsp3) is 0.278. The average molecular weight is 323 g/mol. The van der Waals surface area contributed by atoms with Crippen LogP contribution in [-0.4, -0.2) is 28.0 Å². The van der Waals surface area contributed by atoms with Gasteiger partial charge in [-0.25, -0.2) is 0 Å². The molecule has 0 bridgehead atoms. The number of benzene rings is 2. The second-order valence-electron chi connectivity index (χ2n) is 5.94. The maximum Gasteiger partial charge on any atom is 0.269 e. The number of nitriles is 1. The van der Waals surface area contributed by atoms with Gasteiger partial charge in [0, 0.05) is 31.8 Å². The lowest BCUT2D eigenvalue weighted by atomic mass is 9.98. The Kier molecular flexibility index (Phi) is 4.56. The number of aliphatic hydroxyl groups excluding tert-OH is 1. The molecule has 6 heteroatoms. The number of nitro benzene ring substituents is 1. The van der Waals surface area contributed by atoms with E-state index in [4.69, 9.17) is 5.26 Å². The molecule has 0 fully saturated rings. The van der Waals surface area contributed by atoms with Crippen molar-refractivity contribution in [1.29, 1.82) is 5.26 Å². The minimum Gasteiger partial charge on any atom is -0.387 e. The van der Waals surface area contributed by atoms with Gasteiger partial charge in [0.1, 0.15) is 0 Å². The highest BCUT2D eigenvalue weighted by molar-refractivity contribution is 5.41. The van der Waals surface area contributed by atoms with Crippen molar-refractivity contribution in [3.63, 3.8) is 0 Å². The number of hydrogen-bond acceptors (Lipinski definition) is 5. The molecule has 3 rings (SSSR count). The number of fused-ring (bicyclic) bond motifs is 1. The molecule has 24 heavy (non-hydrogen) atoms. The van der Waals surface area contributed by atoms with Crippen LogP contribution in [0.5, 0.6) is 0 Å². The first kappa shape index (κ1) is 16.1. The van der Waals surface area contributed by atoms with E-state index in [-0.39, 0.29) is 10.6 Å². The fourth-order valence-electron chi connectivity index (χ4n) is 3.00. The zero-order valence-electron chi connectivity index (χ0n) is 13.1. The largest absolute Gasteiger partial charge is 0.387 e. The van der Waals surface area contributed by atoms with Crippen molar-refractivity contribution in [3.05, 3.63) is 74.8 Å². The second-order valence-corrected chi connectivity index (χ2v) is 5.94. The van der Waals surface area contributed by atoms with E-state index < -0.39 is 6.10 Å². The van der Waals surface area contributed by atoms with E-state index in [1.165, 1.54) is 0 Å². The smallest absolute Gasteiger partial charge is 0.269 e. The van der Waals surface area contributed by atoms with Crippen LogP contribution in [0.2, 0.25) is 0 Å². The van der Waals surface area contributed by atoms with Crippen LogP contribution in [0.3, 0.4) is 0 Å². The third kappa shape index (κ3) is 3.43. The molecule has 1 atom stereocenters. The Morgan fingerprint density at radius 2 is 2.00 bits per heavy atom. The number of rotatable bonds is 4. The third-order valence-electron chi connectivity index (χ3n) is 4.35. The zero-order chi connectivity index (χ0) is 17.1. The molecule has 2 aromatic carbocycles. The molecule has 0 saturated heterocycles. The number of nitrogens with zero attached hydrogens (tertiary/aromatic N) is 3. The Hall–Kier alpha value is -2.75. The summed E-state index contributed by atoms with van der Waals surface area (Å²) in [4.78, 5) is 12.6. The minimum absolute atomic E-state index is 0.100. The Bertz CT molecular complexity index is 796. The van der Waals surface area contributed by atoms with E-state index in [0.29, 0.717) is 18.7 Å². The highest BCUT2D eigenvalue weighted by Gasteiger charge is 2.21. The molecule has 0 aromatic heterocycles. The van der Waals surface area contributed by atoms with E-state index >= 15 is 0 Å². The standard InChI is InChI=1S/C18H17N3O3/c19-10-13-1-3-15(4-2-13)18(22)12-20-8-7-14-5-6-17(21(23)24)9-16(14)11-20/h1-6,9,18,22H,7-8,11-12H2. The number of aliphatic hydroxyl groups is 1. The van der Waals surface area contributed by atoms with Crippen LogP contribution >= 0.6 is 0 Å². The molecule has 0 amide bonds. The highest BCUT2D eigenvalue weighted by atomic mass is 16.6. The van der Waals surface area contributed by atoms with Gasteiger partial charge >= 0.3 is 0 Å². The quantitative estimate of drug-likeness (QED) is 0.690. The molecule has 0 radical (unpaired) electrons. The van der Waals surface area contributed by atoms with Crippen LogP contribution in [0.1, 0.15) is 28.4 Å². The minimum atomic E-state index is -0.655.